The molecule has 0 aliphatic heterocycles. The van der Waals surface area contributed by atoms with Gasteiger partial charge >= 0.3 is 0 Å². The van der Waals surface area contributed by atoms with Crippen molar-refractivity contribution in [2.45, 2.75) is 26.6 Å². The lowest BCUT2D eigenvalue weighted by atomic mass is 10.1. The smallest absolute Gasteiger partial charge is 0.191 e. The second-order valence-corrected chi connectivity index (χ2v) is 7.28. The molecule has 154 valence electrons. The molecule has 0 radical (unpaired) electrons. The summed E-state index contributed by atoms with van der Waals surface area (Å²) < 4.78 is 2.13. The number of aromatic nitrogens is 2. The molecule has 5 nitrogen and oxygen atoms in total. The van der Waals surface area contributed by atoms with Gasteiger partial charge in [0.25, 0.3) is 0 Å². The van der Waals surface area contributed by atoms with Crippen LogP contribution in [0.3, 0.4) is 0 Å². The molecule has 3 rings (SSSR count). The molecule has 0 aliphatic rings. The summed E-state index contributed by atoms with van der Waals surface area (Å²) in [5.74, 6) is 1.72. The molecule has 1 heterocycles. The predicted octanol–water partition coefficient (Wildman–Crippen LogP) is 5.03. The molecule has 0 fully saturated rings. The van der Waals surface area contributed by atoms with E-state index in [1.165, 1.54) is 11.1 Å². The molecule has 0 saturated heterocycles. The van der Waals surface area contributed by atoms with E-state index in [0.717, 1.165) is 17.9 Å². The zero-order valence-electron chi connectivity index (χ0n) is 16.3. The van der Waals surface area contributed by atoms with E-state index in [1.54, 1.807) is 13.1 Å². The zero-order valence-corrected chi connectivity index (χ0v) is 20.2. The van der Waals surface area contributed by atoms with Gasteiger partial charge in [-0.3, -0.25) is 4.99 Å². The van der Waals surface area contributed by atoms with Gasteiger partial charge in [0.1, 0.15) is 5.82 Å². The molecule has 29 heavy (non-hydrogen) atoms. The monoisotopic (exact) mass is 543 g/mol. The molecule has 2 aromatic carbocycles. The van der Waals surface area contributed by atoms with Crippen molar-refractivity contribution in [2.75, 3.05) is 7.05 Å². The first-order valence-corrected chi connectivity index (χ1v) is 9.75. The maximum absolute atomic E-state index is 6.22. The van der Waals surface area contributed by atoms with Crippen molar-refractivity contribution < 1.29 is 0 Å². The summed E-state index contributed by atoms with van der Waals surface area (Å²) in [4.78, 5) is 8.55. The molecular weight excluding hydrogens is 520 g/mol. The number of nitrogens with one attached hydrogen (secondary N) is 2. The van der Waals surface area contributed by atoms with E-state index in [-0.39, 0.29) is 24.0 Å². The van der Waals surface area contributed by atoms with E-state index in [9.17, 15) is 0 Å². The van der Waals surface area contributed by atoms with Gasteiger partial charge in [-0.1, -0.05) is 53.5 Å². The van der Waals surface area contributed by atoms with Crippen molar-refractivity contribution in [1.82, 2.24) is 20.2 Å². The predicted molar refractivity (Wildman–Crippen MR) is 131 cm³/mol. The van der Waals surface area contributed by atoms with Crippen LogP contribution in [0.2, 0.25) is 10.0 Å². The number of halogens is 3. The Morgan fingerprint density at radius 2 is 1.83 bits per heavy atom. The van der Waals surface area contributed by atoms with E-state index < -0.39 is 0 Å². The highest BCUT2D eigenvalue weighted by atomic mass is 127. The van der Waals surface area contributed by atoms with Crippen LogP contribution in [-0.2, 0) is 19.6 Å². The number of guanidine groups is 1. The molecule has 0 amide bonds. The van der Waals surface area contributed by atoms with Crippen LogP contribution >= 0.6 is 47.2 Å². The second-order valence-electron chi connectivity index (χ2n) is 6.44. The first kappa shape index (κ1) is 23.5. The maximum atomic E-state index is 6.22. The van der Waals surface area contributed by atoms with Crippen LogP contribution in [-0.4, -0.2) is 22.6 Å². The Hall–Kier alpha value is -1.77. The fourth-order valence-corrected chi connectivity index (χ4v) is 3.33. The number of nitrogens with zero attached hydrogens (tertiary/aromatic N) is 3. The summed E-state index contributed by atoms with van der Waals surface area (Å²) in [6, 6.07) is 14.0. The van der Waals surface area contributed by atoms with Gasteiger partial charge in [0.05, 0.1) is 0 Å². The van der Waals surface area contributed by atoms with Gasteiger partial charge in [-0.15, -0.1) is 24.0 Å². The van der Waals surface area contributed by atoms with Gasteiger partial charge < -0.3 is 15.2 Å². The van der Waals surface area contributed by atoms with Gasteiger partial charge in [0.2, 0.25) is 0 Å². The van der Waals surface area contributed by atoms with Crippen LogP contribution < -0.4 is 10.6 Å². The van der Waals surface area contributed by atoms with Crippen LogP contribution in [0, 0.1) is 6.92 Å². The minimum Gasteiger partial charge on any atom is -0.352 e. The minimum atomic E-state index is 0. The third kappa shape index (κ3) is 6.90. The van der Waals surface area contributed by atoms with Gasteiger partial charge in [0.15, 0.2) is 5.96 Å². The van der Waals surface area contributed by atoms with E-state index in [4.69, 9.17) is 23.2 Å². The van der Waals surface area contributed by atoms with E-state index in [2.05, 4.69) is 49.4 Å². The molecule has 0 bridgehead atoms. The summed E-state index contributed by atoms with van der Waals surface area (Å²) in [6.07, 6.45) is 3.82. The second kappa shape index (κ2) is 11.4. The van der Waals surface area contributed by atoms with Crippen LogP contribution in [0.25, 0.3) is 0 Å². The Morgan fingerprint density at radius 1 is 1.07 bits per heavy atom. The molecule has 0 aliphatic carbocycles. The normalized spacial score (nSPS) is 11.1. The molecule has 3 aromatic rings. The highest BCUT2D eigenvalue weighted by Gasteiger charge is 2.04. The van der Waals surface area contributed by atoms with E-state index in [0.29, 0.717) is 29.1 Å². The van der Waals surface area contributed by atoms with Crippen LogP contribution in [0.1, 0.15) is 22.5 Å². The fourth-order valence-electron chi connectivity index (χ4n) is 2.86. The Labute approximate surface area is 198 Å². The van der Waals surface area contributed by atoms with Crippen molar-refractivity contribution in [3.8, 4) is 0 Å². The Bertz CT molecular complexity index is 971. The van der Waals surface area contributed by atoms with Crippen molar-refractivity contribution >= 4 is 53.1 Å². The van der Waals surface area contributed by atoms with E-state index >= 15 is 0 Å². The van der Waals surface area contributed by atoms with E-state index in [1.807, 2.05) is 31.5 Å². The van der Waals surface area contributed by atoms with Crippen molar-refractivity contribution in [3.63, 3.8) is 0 Å². The lowest BCUT2D eigenvalue weighted by Gasteiger charge is -2.13. The lowest BCUT2D eigenvalue weighted by Crippen LogP contribution is -2.36. The number of rotatable bonds is 6. The summed E-state index contributed by atoms with van der Waals surface area (Å²) in [6.45, 7) is 4.05. The van der Waals surface area contributed by atoms with Gasteiger partial charge in [0, 0.05) is 49.1 Å². The number of aryl methyl sites for hydroxylation is 1. The molecule has 0 unspecified atom stereocenters. The standard InChI is InChI=1S/C21H23Cl2N5.HI/c1-15-25-8-9-28(15)14-17-5-3-4-16(10-17)12-26-21(24-2)27-13-18-6-7-19(22)11-20(18)23;/h3-11H,12-14H2,1-2H3,(H2,24,26,27);1H. The topological polar surface area (TPSA) is 54.2 Å². The maximum Gasteiger partial charge on any atom is 0.191 e. The first-order valence-electron chi connectivity index (χ1n) is 8.99. The molecular formula is C21H24Cl2IN5. The lowest BCUT2D eigenvalue weighted by molar-refractivity contribution is 0.758. The highest BCUT2D eigenvalue weighted by Crippen LogP contribution is 2.20. The van der Waals surface area contributed by atoms with Crippen molar-refractivity contribution in [3.05, 3.63) is 87.4 Å². The summed E-state index contributed by atoms with van der Waals surface area (Å²) in [5.41, 5.74) is 3.38. The SMILES string of the molecule is CN=C(NCc1cccc(Cn2ccnc2C)c1)NCc1ccc(Cl)cc1Cl.I. The van der Waals surface area contributed by atoms with Crippen LogP contribution in [0.5, 0.6) is 0 Å². The van der Waals surface area contributed by atoms with Gasteiger partial charge in [-0.2, -0.15) is 0 Å². The largest absolute Gasteiger partial charge is 0.352 e. The average Bonchev–Trinajstić information content (AvgIpc) is 3.08. The quantitative estimate of drug-likeness (QED) is 0.260. The third-order valence-electron chi connectivity index (χ3n) is 4.41. The molecule has 1 aromatic heterocycles. The highest BCUT2D eigenvalue weighted by molar-refractivity contribution is 14.0. The molecule has 2 N–H and O–H groups in total. The summed E-state index contributed by atoms with van der Waals surface area (Å²) in [7, 11) is 1.75. The molecule has 0 saturated carbocycles. The Morgan fingerprint density at radius 3 is 2.52 bits per heavy atom. The Kier molecular flexibility index (Phi) is 9.26. The summed E-state index contributed by atoms with van der Waals surface area (Å²) in [5, 5.41) is 7.87. The Balaban J connectivity index is 0.00000300. The summed E-state index contributed by atoms with van der Waals surface area (Å²) >= 11 is 12.2. The number of hydrogen-bond donors (Lipinski definition) is 2. The van der Waals surface area contributed by atoms with Crippen LogP contribution in [0.15, 0.2) is 59.9 Å². The van der Waals surface area contributed by atoms with Gasteiger partial charge in [-0.25, -0.2) is 4.98 Å². The first-order chi connectivity index (χ1) is 13.5. The number of imidazole rings is 1. The van der Waals surface area contributed by atoms with Gasteiger partial charge in [-0.05, 0) is 35.7 Å². The third-order valence-corrected chi connectivity index (χ3v) is 5.00. The molecule has 8 heteroatoms. The average molecular weight is 544 g/mol. The number of hydrogen-bond acceptors (Lipinski definition) is 2. The minimum absolute atomic E-state index is 0. The molecule has 0 atom stereocenters. The van der Waals surface area contributed by atoms with Crippen LogP contribution in [0.4, 0.5) is 0 Å². The van der Waals surface area contributed by atoms with Crippen molar-refractivity contribution in [2.24, 2.45) is 4.99 Å². The molecule has 0 spiro atoms. The number of aliphatic imine (C=N–C) groups is 1. The fraction of sp³-hybridized carbons (Fsp3) is 0.238. The number of benzene rings is 2. The van der Waals surface area contributed by atoms with Crippen molar-refractivity contribution in [1.29, 1.82) is 0 Å². The zero-order chi connectivity index (χ0) is 19.9.